The van der Waals surface area contributed by atoms with Gasteiger partial charge in [0.1, 0.15) is 10.0 Å². The molecule has 0 saturated heterocycles. The number of aromatic nitrogens is 6. The van der Waals surface area contributed by atoms with E-state index in [0.717, 1.165) is 13.1 Å². The van der Waals surface area contributed by atoms with Gasteiger partial charge in [0.2, 0.25) is 0 Å². The molecule has 0 aliphatic heterocycles. The fourth-order valence-corrected chi connectivity index (χ4v) is 21.3. The van der Waals surface area contributed by atoms with Crippen molar-refractivity contribution in [3.05, 3.63) is 427 Å². The van der Waals surface area contributed by atoms with Crippen molar-refractivity contribution < 1.29 is 0 Å². The van der Waals surface area contributed by atoms with Gasteiger partial charge in [-0.05, 0) is 284 Å². The smallest absolute Gasteiger partial charge is 0.100 e. The van der Waals surface area contributed by atoms with Crippen molar-refractivity contribution in [1.82, 2.24) is 27.4 Å². The summed E-state index contributed by atoms with van der Waals surface area (Å²) < 4.78 is 14.4. The summed E-state index contributed by atoms with van der Waals surface area (Å²) in [5.74, 6) is 0. The largest absolute Gasteiger partial charge is 0.336 e. The molecule has 24 rings (SSSR count). The highest BCUT2D eigenvalue weighted by atomic mass is 32.1. The Kier molecular flexibility index (Phi) is 22.2. The van der Waals surface area contributed by atoms with Crippen molar-refractivity contribution in [3.63, 3.8) is 0 Å². The second kappa shape index (κ2) is 34.2. The molecule has 0 bridgehead atoms. The zero-order chi connectivity index (χ0) is 85.0. The minimum atomic E-state index is 0.910. The van der Waals surface area contributed by atoms with E-state index in [1.807, 2.05) is 22.7 Å². The van der Waals surface area contributed by atoms with Crippen molar-refractivity contribution in [2.45, 2.75) is 96.2 Å². The molecule has 0 aliphatic carbocycles. The lowest BCUT2D eigenvalue weighted by molar-refractivity contribution is 0.868. The summed E-state index contributed by atoms with van der Waals surface area (Å²) >= 11 is 7.25. The van der Waals surface area contributed by atoms with Gasteiger partial charge in [-0.2, -0.15) is 0 Å². The van der Waals surface area contributed by atoms with E-state index in [-0.39, 0.29) is 0 Å². The number of nitrogens with zero attached hydrogens (tertiary/aromatic N) is 6. The lowest BCUT2D eigenvalue weighted by atomic mass is 10.1. The van der Waals surface area contributed by atoms with E-state index in [2.05, 4.69) is 461 Å². The number of benzene rings is 14. The highest BCUT2D eigenvalue weighted by Crippen LogP contribution is 2.41. The molecule has 0 spiro atoms. The van der Waals surface area contributed by atoms with E-state index < -0.39 is 0 Å². The van der Waals surface area contributed by atoms with Gasteiger partial charge in [-0.15, -0.1) is 45.3 Å². The normalized spacial score (nSPS) is 11.5. The Morgan fingerprint density at radius 2 is 0.427 bits per heavy atom. The van der Waals surface area contributed by atoms with Gasteiger partial charge >= 0.3 is 0 Å². The molecule has 0 fully saturated rings. The molecule has 0 unspecified atom stereocenters. The standard InChI is InChI=1S/2C21H19N.4C18H15NS/c1-15-8-10-20-18(12-15)19-13-16(2)9-11-21(19)22(20)14-17-6-4-3-5-7-17;1-15-8-10-18-19-11-9-16(2)13-21(19)22(20(18)12-15)14-17-6-4-3-5-7-17;1-12-5-7-16-14(10-12)15-11-13(2)6-8-17(15)19(16)18-4-3-9-20-18;1-12-5-7-14-15-8-6-13(2)11-17(15)19(16(14)10-12)18-4-3-9-20-18;1-12-7-9-17-15(11-12)14-5-3-4-6-16(14)19(17)18-10-8-13(2)20-18;1-12-7-9-15-14-5-3-4-6-16(14)19(17(15)11-12)18-10-8-13(2)20-18/h2*3-13H,14H2,1-2H3;4*3-11H,1-2H3. The number of para-hydroxylation sites is 2. The molecule has 0 N–H and O–H groups in total. The van der Waals surface area contributed by atoms with Crippen LogP contribution in [-0.2, 0) is 13.1 Å². The molecule has 0 saturated carbocycles. The maximum absolute atomic E-state index is 2.44. The molecule has 24 aromatic rings. The summed E-state index contributed by atoms with van der Waals surface area (Å²) in [4.78, 5) is 2.69. The van der Waals surface area contributed by atoms with Crippen molar-refractivity contribution in [2.24, 2.45) is 0 Å². The van der Waals surface area contributed by atoms with E-state index in [1.165, 1.54) is 227 Å². The van der Waals surface area contributed by atoms with E-state index in [1.54, 1.807) is 22.7 Å². The third-order valence-electron chi connectivity index (χ3n) is 23.9. The Morgan fingerprint density at radius 3 is 0.774 bits per heavy atom. The van der Waals surface area contributed by atoms with Crippen LogP contribution in [0.1, 0.15) is 76.5 Å². The van der Waals surface area contributed by atoms with Gasteiger partial charge in [0, 0.05) is 110 Å². The molecule has 0 atom stereocenters. The second-order valence-corrected chi connectivity index (χ2v) is 37.8. The molecule has 10 aromatic heterocycles. The lowest BCUT2D eigenvalue weighted by Gasteiger charge is -2.08. The maximum Gasteiger partial charge on any atom is 0.100 e. The summed E-state index contributed by atoms with van der Waals surface area (Å²) in [6, 6.07) is 123. The molecular formula is C114H98N6S4. The van der Waals surface area contributed by atoms with Crippen LogP contribution in [0.25, 0.3) is 151 Å². The van der Waals surface area contributed by atoms with Crippen molar-refractivity contribution in [2.75, 3.05) is 0 Å². The van der Waals surface area contributed by atoms with Gasteiger partial charge in [-0.3, -0.25) is 0 Å². The van der Waals surface area contributed by atoms with Crippen LogP contribution in [0.15, 0.2) is 350 Å². The van der Waals surface area contributed by atoms with Gasteiger partial charge in [0.05, 0.1) is 54.1 Å². The second-order valence-electron chi connectivity index (χ2n) is 33.4. The first-order chi connectivity index (χ1) is 60.4. The van der Waals surface area contributed by atoms with Crippen molar-refractivity contribution >= 4 is 176 Å². The van der Waals surface area contributed by atoms with E-state index in [9.17, 15) is 0 Å². The Hall–Kier alpha value is -13.3. The van der Waals surface area contributed by atoms with E-state index >= 15 is 0 Å². The van der Waals surface area contributed by atoms with Crippen LogP contribution in [0.2, 0.25) is 0 Å². The molecule has 14 aromatic carbocycles. The van der Waals surface area contributed by atoms with Crippen LogP contribution < -0.4 is 0 Å². The molecule has 124 heavy (non-hydrogen) atoms. The highest BCUT2D eigenvalue weighted by molar-refractivity contribution is 7.15. The van der Waals surface area contributed by atoms with Gasteiger partial charge in [0.25, 0.3) is 0 Å². The first kappa shape index (κ1) is 80.4. The molecule has 10 heteroatoms. The molecule has 0 aliphatic rings. The van der Waals surface area contributed by atoms with Gasteiger partial charge in [-0.1, -0.05) is 216 Å². The predicted molar refractivity (Wildman–Crippen MR) is 541 cm³/mol. The van der Waals surface area contributed by atoms with Crippen molar-refractivity contribution in [3.8, 4) is 20.0 Å². The monoisotopic (exact) mass is 1680 g/mol. The molecule has 608 valence electrons. The van der Waals surface area contributed by atoms with Crippen LogP contribution in [0.5, 0.6) is 0 Å². The minimum absolute atomic E-state index is 0.910. The molecular weight excluding hydrogens is 1580 g/mol. The highest BCUT2D eigenvalue weighted by Gasteiger charge is 2.20. The fraction of sp³-hybridized carbons (Fsp3) is 0.123. The third-order valence-corrected chi connectivity index (χ3v) is 27.6. The van der Waals surface area contributed by atoms with Crippen LogP contribution in [0.4, 0.5) is 0 Å². The van der Waals surface area contributed by atoms with Crippen LogP contribution in [-0.4, -0.2) is 27.4 Å². The first-order valence-electron chi connectivity index (χ1n) is 42.7. The van der Waals surface area contributed by atoms with E-state index in [0.29, 0.717) is 0 Å². The fourth-order valence-electron chi connectivity index (χ4n) is 18.0. The lowest BCUT2D eigenvalue weighted by Crippen LogP contribution is -1.99. The number of thiophene rings is 4. The van der Waals surface area contributed by atoms with Crippen LogP contribution in [0.3, 0.4) is 0 Å². The zero-order valence-electron chi connectivity index (χ0n) is 72.2. The number of fused-ring (bicyclic) bond motifs is 18. The maximum atomic E-state index is 2.44. The first-order valence-corrected chi connectivity index (χ1v) is 46.1. The molecule has 0 amide bonds. The Bertz CT molecular complexity index is 7820. The molecule has 0 radical (unpaired) electrons. The topological polar surface area (TPSA) is 29.6 Å². The average molecular weight is 1680 g/mol. The minimum Gasteiger partial charge on any atom is -0.336 e. The SMILES string of the molecule is Cc1ccc2c(c1)c1cc(C)ccc1n2-c1cccs1.Cc1ccc2c(c1)c1cc(C)ccc1n2Cc1ccccc1.Cc1ccc2c(c1)c1ccccc1n2-c1ccc(C)s1.Cc1ccc2c3ccc(C)cc3n(-c3cccs3)c2c1.Cc1ccc2c3ccc(C)cc3n(Cc3ccccc3)c2c1.Cc1ccc2c3ccccc3n(-c3ccc(C)s3)c2c1. The Morgan fingerprint density at radius 1 is 0.177 bits per heavy atom. The van der Waals surface area contributed by atoms with Gasteiger partial charge in [-0.25, -0.2) is 0 Å². The van der Waals surface area contributed by atoms with Gasteiger partial charge < -0.3 is 27.4 Å². The zero-order valence-corrected chi connectivity index (χ0v) is 75.5. The van der Waals surface area contributed by atoms with Crippen molar-refractivity contribution in [1.29, 1.82) is 0 Å². The summed E-state index contributed by atoms with van der Waals surface area (Å²) in [7, 11) is 0. The Balaban J connectivity index is 0.0000000976. The predicted octanol–water partition coefficient (Wildman–Crippen LogP) is 32.8. The quantitative estimate of drug-likeness (QED) is 0.145. The summed E-state index contributed by atoms with van der Waals surface area (Å²) in [6.07, 6.45) is 0. The summed E-state index contributed by atoms with van der Waals surface area (Å²) in [6.45, 7) is 27.7. The van der Waals surface area contributed by atoms with Crippen LogP contribution in [0, 0.1) is 83.1 Å². The van der Waals surface area contributed by atoms with Gasteiger partial charge in [0.15, 0.2) is 0 Å². The number of hydrogen-bond acceptors (Lipinski definition) is 4. The number of hydrogen-bond donors (Lipinski definition) is 0. The molecule has 10 heterocycles. The average Bonchev–Trinajstić information content (AvgIpc) is 1.55. The number of rotatable bonds is 8. The Labute approximate surface area is 740 Å². The number of aryl methyl sites for hydroxylation is 12. The summed E-state index contributed by atoms with van der Waals surface area (Å²) in [5, 5.41) is 25.5. The molecule has 6 nitrogen and oxygen atoms in total. The van der Waals surface area contributed by atoms with Crippen LogP contribution >= 0.6 is 45.3 Å². The third kappa shape index (κ3) is 15.8. The van der Waals surface area contributed by atoms with E-state index in [4.69, 9.17) is 0 Å². The summed E-state index contributed by atoms with van der Waals surface area (Å²) in [5.41, 5.74) is 31.4.